The number of carbonyl (C=O) groups excluding carboxylic acids is 2. The van der Waals surface area contributed by atoms with Gasteiger partial charge in [-0.3, -0.25) is 10.1 Å². The van der Waals surface area contributed by atoms with Crippen LogP contribution in [-0.4, -0.2) is 31.9 Å². The maximum atomic E-state index is 12.7. The summed E-state index contributed by atoms with van der Waals surface area (Å²) >= 11 is 0. The molecule has 0 heterocycles. The van der Waals surface area contributed by atoms with Crippen LogP contribution in [-0.2, 0) is 29.1 Å². The molecule has 0 radical (unpaired) electrons. The van der Waals surface area contributed by atoms with Crippen LogP contribution in [0.2, 0.25) is 0 Å². The zero-order valence-corrected chi connectivity index (χ0v) is 18.0. The first-order valence-corrected chi connectivity index (χ1v) is 10.7. The lowest BCUT2D eigenvalue weighted by Gasteiger charge is -2.19. The molecule has 0 amide bonds. The minimum absolute atomic E-state index is 0.0235. The Labute approximate surface area is 184 Å². The number of esters is 2. The van der Waals surface area contributed by atoms with Crippen LogP contribution < -0.4 is 10.3 Å². The molecule has 0 aromatic heterocycles. The number of rotatable bonds is 10. The summed E-state index contributed by atoms with van der Waals surface area (Å²) in [7, 11) is -4.09. The van der Waals surface area contributed by atoms with Crippen LogP contribution in [0, 0.1) is 17.0 Å². The van der Waals surface area contributed by atoms with Crippen molar-refractivity contribution in [3.8, 4) is 0 Å². The van der Waals surface area contributed by atoms with Crippen LogP contribution in [0.4, 0.5) is 5.69 Å². The van der Waals surface area contributed by atoms with E-state index in [1.165, 1.54) is 24.3 Å². The Morgan fingerprint density at radius 1 is 1.16 bits per heavy atom. The second-order valence-corrected chi connectivity index (χ2v) is 8.01. The molecule has 11 nitrogen and oxygen atoms in total. The molecule has 2 N–H and O–H groups in total. The van der Waals surface area contributed by atoms with Gasteiger partial charge in [-0.15, -0.1) is 4.83 Å². The van der Waals surface area contributed by atoms with E-state index in [0.717, 1.165) is 12.1 Å². The number of hydrogen-bond donors (Lipinski definition) is 2. The van der Waals surface area contributed by atoms with Crippen molar-refractivity contribution in [2.45, 2.75) is 24.8 Å². The molecule has 2 aromatic carbocycles. The molecule has 0 saturated heterocycles. The second-order valence-electron chi connectivity index (χ2n) is 6.36. The maximum Gasteiger partial charge on any atom is 0.373 e. The third-order valence-electron chi connectivity index (χ3n) is 4.12. The van der Waals surface area contributed by atoms with Crippen molar-refractivity contribution in [2.75, 3.05) is 6.61 Å². The molecular weight excluding hydrogens is 442 g/mol. The zero-order chi connectivity index (χ0) is 23.9. The molecular formula is C20H21N3O8S. The highest BCUT2D eigenvalue weighted by atomic mass is 32.2. The fourth-order valence-electron chi connectivity index (χ4n) is 2.55. The van der Waals surface area contributed by atoms with E-state index < -0.39 is 38.7 Å². The Morgan fingerprint density at radius 3 is 2.34 bits per heavy atom. The Balaban J connectivity index is 2.30. The fraction of sp³-hybridized carbons (Fsp3) is 0.200. The van der Waals surface area contributed by atoms with Gasteiger partial charge in [-0.1, -0.05) is 18.2 Å². The van der Waals surface area contributed by atoms with E-state index in [1.54, 1.807) is 26.0 Å². The molecule has 12 heteroatoms. The monoisotopic (exact) mass is 463 g/mol. The van der Waals surface area contributed by atoms with Crippen molar-refractivity contribution in [1.82, 2.24) is 10.3 Å². The average molecular weight is 463 g/mol. The summed E-state index contributed by atoms with van der Waals surface area (Å²) in [5.41, 5.74) is 2.71. The number of non-ortho nitro benzene ring substituents is 1. The number of benzene rings is 2. The highest BCUT2D eigenvalue weighted by Crippen LogP contribution is 2.21. The number of nitrogens with zero attached hydrogens (tertiary/aromatic N) is 1. The number of hydrogen-bond acceptors (Lipinski definition) is 9. The number of ether oxygens (including phenoxy) is 2. The normalized spacial score (nSPS) is 11.9. The smallest absolute Gasteiger partial charge is 0.373 e. The van der Waals surface area contributed by atoms with Crippen molar-refractivity contribution in [3.05, 3.63) is 82.1 Å². The van der Waals surface area contributed by atoms with Crippen LogP contribution in [0.1, 0.15) is 24.1 Å². The van der Waals surface area contributed by atoms with Crippen LogP contribution in [0.25, 0.3) is 0 Å². The van der Waals surface area contributed by atoms with Crippen molar-refractivity contribution < 1.29 is 32.4 Å². The molecule has 1 unspecified atom stereocenters. The van der Waals surface area contributed by atoms with Gasteiger partial charge in [-0.25, -0.2) is 23.4 Å². The van der Waals surface area contributed by atoms with Gasteiger partial charge >= 0.3 is 11.9 Å². The number of hydrazine groups is 1. The standard InChI is InChI=1S/C20H21N3O8S/c1-4-30-19(24)14(3)31-20(25)18(15-9-11-16(12-10-15)23(26)27)21-22-32(28,29)17-8-6-5-7-13(17)2/h5-12,18,21-22H,3-4H2,1-2H3. The molecule has 1 atom stereocenters. The maximum absolute atomic E-state index is 12.7. The predicted molar refractivity (Wildman–Crippen MR) is 112 cm³/mol. The molecule has 0 bridgehead atoms. The SMILES string of the molecule is C=C(OC(=O)C(NNS(=O)(=O)c1ccccc1C)c1ccc([N+](=O)[O-])cc1)C(=O)OCC. The Morgan fingerprint density at radius 2 is 1.78 bits per heavy atom. The van der Waals surface area contributed by atoms with Gasteiger partial charge < -0.3 is 9.47 Å². The summed E-state index contributed by atoms with van der Waals surface area (Å²) in [5, 5.41) is 10.9. The average Bonchev–Trinajstić information content (AvgIpc) is 2.74. The van der Waals surface area contributed by atoms with Crippen molar-refractivity contribution in [1.29, 1.82) is 0 Å². The van der Waals surface area contributed by atoms with Crippen molar-refractivity contribution >= 4 is 27.6 Å². The first kappa shape index (κ1) is 24.7. The molecule has 0 saturated carbocycles. The molecule has 0 spiro atoms. The number of aryl methyl sites for hydroxylation is 1. The van der Waals surface area contributed by atoms with E-state index in [-0.39, 0.29) is 22.8 Å². The number of nitro benzene ring substituents is 1. The second kappa shape index (κ2) is 10.6. The molecule has 0 aliphatic rings. The summed E-state index contributed by atoms with van der Waals surface area (Å²) in [5.74, 6) is -2.67. The van der Waals surface area contributed by atoms with Crippen molar-refractivity contribution in [3.63, 3.8) is 0 Å². The Kier molecular flexibility index (Phi) is 8.18. The van der Waals surface area contributed by atoms with Gasteiger partial charge in [-0.05, 0) is 49.8 Å². The summed E-state index contributed by atoms with van der Waals surface area (Å²) in [6.45, 7) is 6.49. The van der Waals surface area contributed by atoms with Crippen LogP contribution in [0.5, 0.6) is 0 Å². The number of carbonyl (C=O) groups is 2. The molecule has 2 aromatic rings. The summed E-state index contributed by atoms with van der Waals surface area (Å²) in [6.07, 6.45) is 0. The number of nitrogens with one attached hydrogen (secondary N) is 2. The third kappa shape index (κ3) is 6.20. The minimum atomic E-state index is -4.09. The van der Waals surface area contributed by atoms with E-state index in [0.29, 0.717) is 5.56 Å². The van der Waals surface area contributed by atoms with Gasteiger partial charge in [0.2, 0.25) is 5.76 Å². The molecule has 32 heavy (non-hydrogen) atoms. The topological polar surface area (TPSA) is 154 Å². The number of sulfonamides is 1. The first-order valence-electron chi connectivity index (χ1n) is 9.22. The fourth-order valence-corrected chi connectivity index (χ4v) is 3.68. The molecule has 170 valence electrons. The predicted octanol–water partition coefficient (Wildman–Crippen LogP) is 2.05. The van der Waals surface area contributed by atoms with Gasteiger partial charge in [-0.2, -0.15) is 0 Å². The largest absolute Gasteiger partial charge is 0.460 e. The first-order chi connectivity index (χ1) is 15.1. The van der Waals surface area contributed by atoms with E-state index in [9.17, 15) is 28.1 Å². The third-order valence-corrected chi connectivity index (χ3v) is 5.54. The van der Waals surface area contributed by atoms with Gasteiger partial charge in [0.15, 0.2) is 0 Å². The van der Waals surface area contributed by atoms with Gasteiger partial charge in [0.05, 0.1) is 16.4 Å². The zero-order valence-electron chi connectivity index (χ0n) is 17.2. The molecule has 0 aliphatic heterocycles. The summed E-state index contributed by atoms with van der Waals surface area (Å²) in [4.78, 5) is 36.7. The lowest BCUT2D eigenvalue weighted by Crippen LogP contribution is -2.43. The van der Waals surface area contributed by atoms with E-state index in [2.05, 4.69) is 16.8 Å². The quantitative estimate of drug-likeness (QED) is 0.177. The van der Waals surface area contributed by atoms with Gasteiger partial charge in [0, 0.05) is 12.1 Å². The minimum Gasteiger partial charge on any atom is -0.460 e. The lowest BCUT2D eigenvalue weighted by molar-refractivity contribution is -0.384. The van der Waals surface area contributed by atoms with Gasteiger partial charge in [0.25, 0.3) is 15.7 Å². The lowest BCUT2D eigenvalue weighted by atomic mass is 10.1. The van der Waals surface area contributed by atoms with E-state index in [1.807, 2.05) is 0 Å². The molecule has 0 fully saturated rings. The summed E-state index contributed by atoms with van der Waals surface area (Å²) < 4.78 is 34.9. The Bertz CT molecular complexity index is 1130. The number of nitro groups is 1. The van der Waals surface area contributed by atoms with E-state index >= 15 is 0 Å². The Hall–Kier alpha value is -3.61. The van der Waals surface area contributed by atoms with Crippen LogP contribution in [0.3, 0.4) is 0 Å². The van der Waals surface area contributed by atoms with Crippen LogP contribution >= 0.6 is 0 Å². The summed E-state index contributed by atoms with van der Waals surface area (Å²) in [6, 6.07) is 9.45. The highest BCUT2D eigenvalue weighted by Gasteiger charge is 2.28. The van der Waals surface area contributed by atoms with Crippen LogP contribution in [0.15, 0.2) is 65.8 Å². The molecule has 2 rings (SSSR count). The highest BCUT2D eigenvalue weighted by molar-refractivity contribution is 7.89. The van der Waals surface area contributed by atoms with Crippen molar-refractivity contribution in [2.24, 2.45) is 0 Å². The van der Waals surface area contributed by atoms with Gasteiger partial charge in [0.1, 0.15) is 6.04 Å². The van der Waals surface area contributed by atoms with E-state index in [4.69, 9.17) is 9.47 Å². The molecule has 0 aliphatic carbocycles.